The summed E-state index contributed by atoms with van der Waals surface area (Å²) in [5.41, 5.74) is 2.85. The van der Waals surface area contributed by atoms with Gasteiger partial charge in [0.05, 0.1) is 29.8 Å². The molecular weight excluding hydrogens is 406 g/mol. The van der Waals surface area contributed by atoms with Gasteiger partial charge in [0.1, 0.15) is 11.5 Å². The minimum Gasteiger partial charge on any atom is -0.462 e. The van der Waals surface area contributed by atoms with E-state index in [0.29, 0.717) is 29.4 Å². The maximum atomic E-state index is 13.0. The average molecular weight is 429 g/mol. The zero-order valence-corrected chi connectivity index (χ0v) is 18.1. The van der Waals surface area contributed by atoms with Crippen molar-refractivity contribution in [2.24, 2.45) is 12.0 Å². The molecule has 0 aliphatic rings. The van der Waals surface area contributed by atoms with E-state index in [1.54, 1.807) is 46.6 Å². The van der Waals surface area contributed by atoms with Crippen LogP contribution in [-0.2, 0) is 11.8 Å². The normalized spacial score (nSPS) is 11.2. The Hall–Kier alpha value is -4.13. The number of hydrogen-bond donors (Lipinski definition) is 0. The number of nitrogens with zero attached hydrogens (tertiary/aromatic N) is 3. The van der Waals surface area contributed by atoms with Crippen molar-refractivity contribution < 1.29 is 13.9 Å². The van der Waals surface area contributed by atoms with Crippen molar-refractivity contribution in [2.75, 3.05) is 6.61 Å². The average Bonchev–Trinajstić information content (AvgIpc) is 3.36. The van der Waals surface area contributed by atoms with Crippen LogP contribution in [0.25, 0.3) is 17.0 Å². The maximum absolute atomic E-state index is 13.0. The summed E-state index contributed by atoms with van der Waals surface area (Å²) in [6.45, 7) is 3.93. The lowest BCUT2D eigenvalue weighted by molar-refractivity contribution is 0.0526. The molecule has 0 aliphatic carbocycles. The molecule has 0 saturated carbocycles. The highest BCUT2D eigenvalue weighted by atomic mass is 16.5. The van der Waals surface area contributed by atoms with Gasteiger partial charge in [0.2, 0.25) is 0 Å². The highest BCUT2D eigenvalue weighted by molar-refractivity contribution is 5.91. The van der Waals surface area contributed by atoms with Crippen LogP contribution in [0.4, 0.5) is 5.69 Å². The summed E-state index contributed by atoms with van der Waals surface area (Å²) in [7, 11) is 1.82. The quantitative estimate of drug-likeness (QED) is 0.330. The Kier molecular flexibility index (Phi) is 5.89. The van der Waals surface area contributed by atoms with Gasteiger partial charge in [0.15, 0.2) is 5.69 Å². The molecule has 2 aromatic carbocycles. The third-order valence-corrected chi connectivity index (χ3v) is 5.13. The minimum absolute atomic E-state index is 0.207. The first-order valence-corrected chi connectivity index (χ1v) is 10.2. The summed E-state index contributed by atoms with van der Waals surface area (Å²) in [4.78, 5) is 29.4. The van der Waals surface area contributed by atoms with Gasteiger partial charge in [-0.15, -0.1) is 0 Å². The molecule has 2 aromatic heterocycles. The Balaban J connectivity index is 1.61. The molecule has 0 unspecified atom stereocenters. The van der Waals surface area contributed by atoms with Gasteiger partial charge < -0.3 is 9.15 Å². The van der Waals surface area contributed by atoms with Crippen molar-refractivity contribution in [1.29, 1.82) is 0 Å². The number of carbonyl (C=O) groups is 1. The molecule has 0 atom stereocenters. The van der Waals surface area contributed by atoms with Crippen LogP contribution >= 0.6 is 0 Å². The molecule has 7 heteroatoms. The summed E-state index contributed by atoms with van der Waals surface area (Å²) < 4.78 is 14.3. The van der Waals surface area contributed by atoms with Gasteiger partial charge in [-0.3, -0.25) is 9.48 Å². The van der Waals surface area contributed by atoms with E-state index < -0.39 is 0 Å². The largest absolute Gasteiger partial charge is 0.462 e. The van der Waals surface area contributed by atoms with E-state index in [4.69, 9.17) is 9.15 Å². The molecule has 0 saturated heterocycles. The monoisotopic (exact) mass is 429 g/mol. The number of rotatable bonds is 6. The smallest absolute Gasteiger partial charge is 0.338 e. The van der Waals surface area contributed by atoms with Gasteiger partial charge in [0, 0.05) is 12.6 Å². The van der Waals surface area contributed by atoms with Gasteiger partial charge in [0.25, 0.3) is 5.56 Å². The fourth-order valence-electron chi connectivity index (χ4n) is 3.42. The Labute approximate surface area is 185 Å². The van der Waals surface area contributed by atoms with Crippen molar-refractivity contribution in [2.45, 2.75) is 13.8 Å². The van der Waals surface area contributed by atoms with Crippen LogP contribution in [0.3, 0.4) is 0 Å². The molecule has 32 heavy (non-hydrogen) atoms. The number of carbonyl (C=O) groups excluding carboxylic acids is 1. The number of furan rings is 1. The van der Waals surface area contributed by atoms with Crippen molar-refractivity contribution in [1.82, 2.24) is 9.36 Å². The summed E-state index contributed by atoms with van der Waals surface area (Å²) >= 11 is 0. The van der Waals surface area contributed by atoms with Crippen LogP contribution in [0.5, 0.6) is 0 Å². The van der Waals surface area contributed by atoms with Crippen LogP contribution < -0.4 is 5.56 Å². The standard InChI is InChI=1S/C25H23N3O4/c1-4-31-25(30)19-10-8-9-18(15-19)22-14-13-21(32-22)16-26-23-17(2)27(3)28(24(23)29)20-11-6-5-7-12-20/h5-16H,4H2,1-3H3. The number of para-hydroxylation sites is 1. The molecule has 0 fully saturated rings. The Bertz CT molecular complexity index is 1340. The molecule has 162 valence electrons. The van der Waals surface area contributed by atoms with Gasteiger partial charge in [-0.25, -0.2) is 14.5 Å². The minimum atomic E-state index is -0.378. The third kappa shape index (κ3) is 4.05. The van der Waals surface area contributed by atoms with Crippen molar-refractivity contribution in [3.63, 3.8) is 0 Å². The van der Waals surface area contributed by atoms with E-state index in [2.05, 4.69) is 4.99 Å². The second-order valence-electron chi connectivity index (χ2n) is 7.17. The first kappa shape index (κ1) is 21.1. The van der Waals surface area contributed by atoms with Gasteiger partial charge in [-0.2, -0.15) is 0 Å². The Morgan fingerprint density at radius 1 is 1.09 bits per heavy atom. The van der Waals surface area contributed by atoms with Crippen LogP contribution in [0.15, 0.2) is 80.9 Å². The SMILES string of the molecule is CCOC(=O)c1cccc(-c2ccc(C=Nc3c(C)n(C)n(-c4ccccc4)c3=O)o2)c1. The van der Waals surface area contributed by atoms with Crippen molar-refractivity contribution in [3.05, 3.63) is 94.1 Å². The zero-order valence-electron chi connectivity index (χ0n) is 18.1. The maximum Gasteiger partial charge on any atom is 0.338 e. The highest BCUT2D eigenvalue weighted by Crippen LogP contribution is 2.24. The number of ether oxygens (including phenoxy) is 1. The van der Waals surface area contributed by atoms with Gasteiger partial charge in [-0.1, -0.05) is 30.3 Å². The zero-order chi connectivity index (χ0) is 22.7. The van der Waals surface area contributed by atoms with Crippen LogP contribution in [0, 0.1) is 6.92 Å². The molecule has 0 aliphatic heterocycles. The molecule has 0 amide bonds. The lowest BCUT2D eigenvalue weighted by Gasteiger charge is -2.07. The summed E-state index contributed by atoms with van der Waals surface area (Å²) in [6, 6.07) is 20.0. The summed E-state index contributed by atoms with van der Waals surface area (Å²) in [5, 5.41) is 0. The summed E-state index contributed by atoms with van der Waals surface area (Å²) in [6.07, 6.45) is 1.53. The number of hydrogen-bond acceptors (Lipinski definition) is 5. The van der Waals surface area contributed by atoms with Crippen LogP contribution in [0.2, 0.25) is 0 Å². The molecule has 0 spiro atoms. The van der Waals surface area contributed by atoms with Gasteiger partial charge in [-0.05, 0) is 50.2 Å². The van der Waals surface area contributed by atoms with Crippen molar-refractivity contribution >= 4 is 17.9 Å². The topological polar surface area (TPSA) is 78.7 Å². The van der Waals surface area contributed by atoms with Crippen LogP contribution in [0.1, 0.15) is 28.7 Å². The molecule has 0 bridgehead atoms. The first-order chi connectivity index (χ1) is 15.5. The van der Waals surface area contributed by atoms with Gasteiger partial charge >= 0.3 is 5.97 Å². The van der Waals surface area contributed by atoms with E-state index in [-0.39, 0.29) is 11.5 Å². The van der Waals surface area contributed by atoms with E-state index in [0.717, 1.165) is 16.9 Å². The number of esters is 1. The number of aromatic nitrogens is 2. The Morgan fingerprint density at radius 2 is 1.88 bits per heavy atom. The predicted molar refractivity (Wildman–Crippen MR) is 123 cm³/mol. The lowest BCUT2D eigenvalue weighted by atomic mass is 10.1. The summed E-state index contributed by atoms with van der Waals surface area (Å²) in [5.74, 6) is 0.705. The fourth-order valence-corrected chi connectivity index (χ4v) is 3.42. The van der Waals surface area contributed by atoms with Crippen LogP contribution in [-0.4, -0.2) is 28.2 Å². The van der Waals surface area contributed by atoms with E-state index in [9.17, 15) is 9.59 Å². The fraction of sp³-hybridized carbons (Fsp3) is 0.160. The molecule has 2 heterocycles. The number of aliphatic imine (C=N–C) groups is 1. The molecule has 4 rings (SSSR count). The first-order valence-electron chi connectivity index (χ1n) is 10.2. The second kappa shape index (κ2) is 8.93. The van der Waals surface area contributed by atoms with E-state index in [1.165, 1.54) is 6.21 Å². The Morgan fingerprint density at radius 3 is 2.62 bits per heavy atom. The third-order valence-electron chi connectivity index (χ3n) is 5.13. The molecular formula is C25H23N3O4. The number of benzene rings is 2. The van der Waals surface area contributed by atoms with Crippen molar-refractivity contribution in [3.8, 4) is 17.0 Å². The molecule has 0 radical (unpaired) electrons. The lowest BCUT2D eigenvalue weighted by Crippen LogP contribution is -2.19. The molecule has 4 aromatic rings. The molecule has 7 nitrogen and oxygen atoms in total. The molecule has 0 N–H and O–H groups in total. The van der Waals surface area contributed by atoms with E-state index >= 15 is 0 Å². The highest BCUT2D eigenvalue weighted by Gasteiger charge is 2.15. The second-order valence-corrected chi connectivity index (χ2v) is 7.17. The van der Waals surface area contributed by atoms with E-state index in [1.807, 2.05) is 50.4 Å². The predicted octanol–water partition coefficient (Wildman–Crippen LogP) is 4.67.